The Hall–Kier alpha value is -1.00. The summed E-state index contributed by atoms with van der Waals surface area (Å²) in [4.78, 5) is 2.50. The van der Waals surface area contributed by atoms with Gasteiger partial charge in [0.2, 0.25) is 0 Å². The van der Waals surface area contributed by atoms with Crippen LogP contribution in [-0.2, 0) is 6.54 Å². The van der Waals surface area contributed by atoms with Crippen LogP contribution in [0.25, 0.3) is 0 Å². The fourth-order valence-corrected chi connectivity index (χ4v) is 2.59. The van der Waals surface area contributed by atoms with Gasteiger partial charge < -0.3 is 5.32 Å². The maximum atomic E-state index is 4.18. The lowest BCUT2D eigenvalue weighted by Crippen LogP contribution is -2.38. The minimum absolute atomic E-state index is 0.615. The number of nitrogens with zero attached hydrogens (tertiary/aromatic N) is 3. The van der Waals surface area contributed by atoms with Crippen LogP contribution in [0.15, 0.2) is 18.3 Å². The van der Waals surface area contributed by atoms with Crippen LogP contribution < -0.4 is 5.32 Å². The van der Waals surface area contributed by atoms with E-state index in [1.807, 2.05) is 6.07 Å². The molecule has 1 N–H and O–H groups in total. The molecule has 0 amide bonds. The standard InChI is InChI=1S/C14H24N4/c1-12(2)9-14-11-18(8-4-6-15-14)10-13-5-3-7-16-17-13/h3,5,7,12,14-15H,4,6,8-11H2,1-2H3. The van der Waals surface area contributed by atoms with Crippen LogP contribution in [0.3, 0.4) is 0 Å². The number of hydrogen-bond donors (Lipinski definition) is 1. The summed E-state index contributed by atoms with van der Waals surface area (Å²) in [5.74, 6) is 0.749. The highest BCUT2D eigenvalue weighted by Crippen LogP contribution is 2.11. The molecule has 0 radical (unpaired) electrons. The van der Waals surface area contributed by atoms with Gasteiger partial charge >= 0.3 is 0 Å². The van der Waals surface area contributed by atoms with Crippen molar-refractivity contribution >= 4 is 0 Å². The Kier molecular flexibility index (Phi) is 5.08. The van der Waals surface area contributed by atoms with E-state index in [2.05, 4.69) is 40.3 Å². The first-order chi connectivity index (χ1) is 8.74. The van der Waals surface area contributed by atoms with Crippen LogP contribution in [0.5, 0.6) is 0 Å². The summed E-state index contributed by atoms with van der Waals surface area (Å²) >= 11 is 0. The molecule has 0 spiro atoms. The average molecular weight is 248 g/mol. The first-order valence-corrected chi connectivity index (χ1v) is 6.96. The van der Waals surface area contributed by atoms with E-state index in [1.54, 1.807) is 6.20 Å². The van der Waals surface area contributed by atoms with Crippen molar-refractivity contribution < 1.29 is 0 Å². The Balaban J connectivity index is 1.91. The highest BCUT2D eigenvalue weighted by Gasteiger charge is 2.18. The zero-order valence-corrected chi connectivity index (χ0v) is 11.5. The zero-order chi connectivity index (χ0) is 12.8. The van der Waals surface area contributed by atoms with E-state index in [9.17, 15) is 0 Å². The van der Waals surface area contributed by atoms with Crippen molar-refractivity contribution in [3.8, 4) is 0 Å². The number of nitrogens with one attached hydrogen (secondary N) is 1. The largest absolute Gasteiger partial charge is 0.313 e. The van der Waals surface area contributed by atoms with Gasteiger partial charge in [-0.1, -0.05) is 13.8 Å². The molecule has 2 heterocycles. The van der Waals surface area contributed by atoms with E-state index < -0.39 is 0 Å². The van der Waals surface area contributed by atoms with E-state index >= 15 is 0 Å². The Labute approximate surface area is 110 Å². The molecular formula is C14H24N4. The van der Waals surface area contributed by atoms with Crippen molar-refractivity contribution in [1.29, 1.82) is 0 Å². The predicted octanol–water partition coefficient (Wildman–Crippen LogP) is 1.69. The Morgan fingerprint density at radius 2 is 2.39 bits per heavy atom. The molecule has 1 fully saturated rings. The van der Waals surface area contributed by atoms with E-state index in [0.717, 1.165) is 37.8 Å². The second-order valence-corrected chi connectivity index (χ2v) is 5.58. The lowest BCUT2D eigenvalue weighted by Gasteiger charge is -2.25. The van der Waals surface area contributed by atoms with Crippen LogP contribution >= 0.6 is 0 Å². The molecule has 100 valence electrons. The average Bonchev–Trinajstić information content (AvgIpc) is 2.55. The molecular weight excluding hydrogens is 224 g/mol. The van der Waals surface area contributed by atoms with Gasteiger partial charge in [0.05, 0.1) is 5.69 Å². The molecule has 0 aromatic carbocycles. The molecule has 1 aromatic rings. The minimum Gasteiger partial charge on any atom is -0.313 e. The van der Waals surface area contributed by atoms with Gasteiger partial charge in [-0.2, -0.15) is 10.2 Å². The van der Waals surface area contributed by atoms with Gasteiger partial charge in [0.1, 0.15) is 0 Å². The number of hydrogen-bond acceptors (Lipinski definition) is 4. The van der Waals surface area contributed by atoms with Gasteiger partial charge in [0.15, 0.2) is 0 Å². The van der Waals surface area contributed by atoms with Crippen molar-refractivity contribution in [2.24, 2.45) is 5.92 Å². The van der Waals surface area contributed by atoms with E-state index in [-0.39, 0.29) is 0 Å². The summed E-state index contributed by atoms with van der Waals surface area (Å²) in [6.45, 7) is 8.91. The first kappa shape index (κ1) is 13.4. The van der Waals surface area contributed by atoms with Crippen LogP contribution in [0.4, 0.5) is 0 Å². The molecule has 0 aliphatic carbocycles. The smallest absolute Gasteiger partial charge is 0.0771 e. The van der Waals surface area contributed by atoms with Crippen LogP contribution in [0, 0.1) is 5.92 Å². The summed E-state index contributed by atoms with van der Waals surface area (Å²) in [5.41, 5.74) is 1.07. The lowest BCUT2D eigenvalue weighted by molar-refractivity contribution is 0.244. The Morgan fingerprint density at radius 1 is 1.50 bits per heavy atom. The van der Waals surface area contributed by atoms with Crippen molar-refractivity contribution in [3.63, 3.8) is 0 Å². The lowest BCUT2D eigenvalue weighted by atomic mass is 10.0. The first-order valence-electron chi connectivity index (χ1n) is 6.96. The van der Waals surface area contributed by atoms with Crippen molar-refractivity contribution in [3.05, 3.63) is 24.0 Å². The van der Waals surface area contributed by atoms with Gasteiger partial charge in [0, 0.05) is 25.3 Å². The highest BCUT2D eigenvalue weighted by atomic mass is 15.2. The Morgan fingerprint density at radius 3 is 3.11 bits per heavy atom. The van der Waals surface area contributed by atoms with Gasteiger partial charge in [-0.3, -0.25) is 4.90 Å². The molecule has 1 atom stereocenters. The minimum atomic E-state index is 0.615. The second-order valence-electron chi connectivity index (χ2n) is 5.58. The topological polar surface area (TPSA) is 41.1 Å². The van der Waals surface area contributed by atoms with Crippen LogP contribution in [-0.4, -0.2) is 40.8 Å². The van der Waals surface area contributed by atoms with E-state index in [0.29, 0.717) is 6.04 Å². The molecule has 2 rings (SSSR count). The summed E-state index contributed by atoms with van der Waals surface area (Å²) in [6.07, 6.45) is 4.20. The number of rotatable bonds is 4. The normalized spacial score (nSPS) is 22.1. The zero-order valence-electron chi connectivity index (χ0n) is 11.5. The predicted molar refractivity (Wildman–Crippen MR) is 73.2 cm³/mol. The number of aromatic nitrogens is 2. The van der Waals surface area contributed by atoms with Gasteiger partial charge in [-0.15, -0.1) is 0 Å². The van der Waals surface area contributed by atoms with Gasteiger partial charge in [0.25, 0.3) is 0 Å². The van der Waals surface area contributed by atoms with Crippen LogP contribution in [0.2, 0.25) is 0 Å². The molecule has 1 aliphatic heterocycles. The molecule has 0 bridgehead atoms. The van der Waals surface area contributed by atoms with Crippen molar-refractivity contribution in [2.75, 3.05) is 19.6 Å². The third-order valence-corrected chi connectivity index (χ3v) is 3.33. The van der Waals surface area contributed by atoms with E-state index in [4.69, 9.17) is 0 Å². The Bertz CT molecular complexity index is 339. The SMILES string of the molecule is CC(C)CC1CN(Cc2cccnn2)CCCN1. The molecule has 1 aromatic heterocycles. The molecule has 4 heteroatoms. The summed E-state index contributed by atoms with van der Waals surface area (Å²) in [5, 5.41) is 11.8. The maximum Gasteiger partial charge on any atom is 0.0771 e. The maximum absolute atomic E-state index is 4.18. The third-order valence-electron chi connectivity index (χ3n) is 3.33. The van der Waals surface area contributed by atoms with Gasteiger partial charge in [-0.25, -0.2) is 0 Å². The molecule has 4 nitrogen and oxygen atoms in total. The highest BCUT2D eigenvalue weighted by molar-refractivity contribution is 4.99. The fourth-order valence-electron chi connectivity index (χ4n) is 2.59. The van der Waals surface area contributed by atoms with Gasteiger partial charge in [-0.05, 0) is 44.0 Å². The molecule has 1 saturated heterocycles. The van der Waals surface area contributed by atoms with Crippen molar-refractivity contribution in [2.45, 2.75) is 39.3 Å². The second kappa shape index (κ2) is 6.81. The summed E-state index contributed by atoms with van der Waals surface area (Å²) in [6, 6.07) is 4.64. The van der Waals surface area contributed by atoms with E-state index in [1.165, 1.54) is 12.8 Å². The summed E-state index contributed by atoms with van der Waals surface area (Å²) < 4.78 is 0. The third kappa shape index (κ3) is 4.35. The summed E-state index contributed by atoms with van der Waals surface area (Å²) in [7, 11) is 0. The molecule has 18 heavy (non-hydrogen) atoms. The molecule has 1 unspecified atom stereocenters. The monoisotopic (exact) mass is 248 g/mol. The van der Waals surface area contributed by atoms with Crippen molar-refractivity contribution in [1.82, 2.24) is 20.4 Å². The molecule has 0 saturated carbocycles. The van der Waals surface area contributed by atoms with Crippen LogP contribution in [0.1, 0.15) is 32.4 Å². The fraction of sp³-hybridized carbons (Fsp3) is 0.714. The quantitative estimate of drug-likeness (QED) is 0.880. The molecule has 1 aliphatic rings.